The first-order valence-electron chi connectivity index (χ1n) is 8.73. The summed E-state index contributed by atoms with van der Waals surface area (Å²) in [5, 5.41) is 3.65. The molecule has 0 bridgehead atoms. The molecule has 5 heteroatoms. The first kappa shape index (κ1) is 16.4. The van der Waals surface area contributed by atoms with Gasteiger partial charge >= 0.3 is 6.09 Å². The molecule has 2 heterocycles. The number of ether oxygens (including phenoxy) is 1. The molecule has 1 aliphatic heterocycles. The molecule has 23 heavy (non-hydrogen) atoms. The molecule has 1 aromatic rings. The Morgan fingerprint density at radius 2 is 2.04 bits per heavy atom. The quantitative estimate of drug-likeness (QED) is 0.908. The van der Waals surface area contributed by atoms with Crippen molar-refractivity contribution in [1.82, 2.24) is 14.8 Å². The fraction of sp³-hybridized carbons (Fsp3) is 0.722. The number of hydrogen-bond donors (Lipinski definition) is 1. The van der Waals surface area contributed by atoms with Crippen LogP contribution >= 0.6 is 0 Å². The van der Waals surface area contributed by atoms with Crippen molar-refractivity contribution >= 4 is 6.09 Å². The number of carbonyl (C=O) groups excluding carboxylic acids is 1. The van der Waals surface area contributed by atoms with Gasteiger partial charge in [-0.2, -0.15) is 0 Å². The van der Waals surface area contributed by atoms with E-state index in [1.165, 1.54) is 5.56 Å². The maximum absolute atomic E-state index is 12.1. The minimum atomic E-state index is -0.410. The highest BCUT2D eigenvalue weighted by Crippen LogP contribution is 2.45. The summed E-state index contributed by atoms with van der Waals surface area (Å²) >= 11 is 0. The third-order valence-electron chi connectivity index (χ3n) is 4.68. The van der Waals surface area contributed by atoms with Gasteiger partial charge in [-0.25, -0.2) is 4.79 Å². The van der Waals surface area contributed by atoms with Crippen LogP contribution in [-0.2, 0) is 17.8 Å². The Labute approximate surface area is 139 Å². The van der Waals surface area contributed by atoms with Crippen molar-refractivity contribution < 1.29 is 9.53 Å². The maximum atomic E-state index is 12.1. The second-order valence-electron chi connectivity index (χ2n) is 7.88. The Hall–Kier alpha value is -1.49. The van der Waals surface area contributed by atoms with Gasteiger partial charge in [-0.1, -0.05) is 6.92 Å². The molecule has 5 nitrogen and oxygen atoms in total. The number of carbonyl (C=O) groups is 1. The first-order chi connectivity index (χ1) is 10.9. The van der Waals surface area contributed by atoms with Crippen molar-refractivity contribution in [2.45, 2.75) is 58.8 Å². The Kier molecular flexibility index (Phi) is 4.41. The average molecular weight is 319 g/mol. The molecule has 1 aromatic heterocycles. The third-order valence-corrected chi connectivity index (χ3v) is 4.68. The van der Waals surface area contributed by atoms with E-state index in [4.69, 9.17) is 4.74 Å². The Balaban J connectivity index is 1.41. The largest absolute Gasteiger partial charge is 0.444 e. The van der Waals surface area contributed by atoms with E-state index in [9.17, 15) is 4.79 Å². The lowest BCUT2D eigenvalue weighted by molar-refractivity contribution is 0.0269. The van der Waals surface area contributed by atoms with Gasteiger partial charge in [0.1, 0.15) is 5.60 Å². The van der Waals surface area contributed by atoms with E-state index >= 15 is 0 Å². The van der Waals surface area contributed by atoms with Crippen LogP contribution in [0.3, 0.4) is 0 Å². The number of piperidine rings is 1. The fourth-order valence-corrected chi connectivity index (χ4v) is 3.53. The molecule has 1 saturated heterocycles. The Morgan fingerprint density at radius 1 is 1.35 bits per heavy atom. The average Bonchev–Trinajstić information content (AvgIpc) is 2.82. The van der Waals surface area contributed by atoms with E-state index in [-0.39, 0.29) is 6.09 Å². The van der Waals surface area contributed by atoms with Gasteiger partial charge < -0.3 is 19.5 Å². The summed E-state index contributed by atoms with van der Waals surface area (Å²) in [6.45, 7) is 11.6. The monoisotopic (exact) mass is 319 g/mol. The molecule has 0 aromatic carbocycles. The molecule has 3 rings (SSSR count). The molecular weight excluding hydrogens is 290 g/mol. The van der Waals surface area contributed by atoms with Gasteiger partial charge in [0, 0.05) is 44.6 Å². The molecule has 128 valence electrons. The van der Waals surface area contributed by atoms with Crippen LogP contribution in [0.4, 0.5) is 4.79 Å². The zero-order chi connectivity index (χ0) is 16.6. The summed E-state index contributed by atoms with van der Waals surface area (Å²) < 4.78 is 7.69. The van der Waals surface area contributed by atoms with Gasteiger partial charge in [0.05, 0.1) is 0 Å². The highest BCUT2D eigenvalue weighted by Gasteiger charge is 2.56. The highest BCUT2D eigenvalue weighted by atomic mass is 16.6. The highest BCUT2D eigenvalue weighted by molar-refractivity contribution is 5.69. The molecule has 1 N–H and O–H groups in total. The van der Waals surface area contributed by atoms with E-state index in [1.54, 1.807) is 0 Å². The number of aromatic nitrogens is 1. The topological polar surface area (TPSA) is 46.5 Å². The molecule has 1 aliphatic carbocycles. The molecule has 2 unspecified atom stereocenters. The lowest BCUT2D eigenvalue weighted by atomic mass is 10.2. The van der Waals surface area contributed by atoms with Crippen LogP contribution in [0.1, 0.15) is 39.7 Å². The molecular formula is C18H29N3O2. The van der Waals surface area contributed by atoms with Crippen molar-refractivity contribution in [2.24, 2.45) is 11.8 Å². The van der Waals surface area contributed by atoms with Crippen molar-refractivity contribution in [1.29, 1.82) is 0 Å². The van der Waals surface area contributed by atoms with Gasteiger partial charge in [-0.05, 0) is 50.7 Å². The summed E-state index contributed by atoms with van der Waals surface area (Å²) in [5.41, 5.74) is 0.931. The molecule has 0 radical (unpaired) electrons. The van der Waals surface area contributed by atoms with Crippen LogP contribution in [0.2, 0.25) is 0 Å². The molecule has 2 aliphatic rings. The van der Waals surface area contributed by atoms with Gasteiger partial charge in [-0.3, -0.25) is 0 Å². The number of rotatable bonds is 5. The van der Waals surface area contributed by atoms with Crippen molar-refractivity contribution in [3.05, 3.63) is 24.0 Å². The number of nitrogens with one attached hydrogen (secondary N) is 1. The smallest absolute Gasteiger partial charge is 0.410 e. The fourth-order valence-electron chi connectivity index (χ4n) is 3.53. The van der Waals surface area contributed by atoms with E-state index in [1.807, 2.05) is 25.7 Å². The number of nitrogens with zero attached hydrogens (tertiary/aromatic N) is 2. The van der Waals surface area contributed by atoms with Crippen LogP contribution in [0.25, 0.3) is 0 Å². The van der Waals surface area contributed by atoms with Crippen molar-refractivity contribution in [2.75, 3.05) is 13.1 Å². The number of hydrogen-bond acceptors (Lipinski definition) is 3. The number of fused-ring (bicyclic) bond motifs is 1. The third kappa shape index (κ3) is 3.89. The maximum Gasteiger partial charge on any atom is 0.410 e. The summed E-state index contributed by atoms with van der Waals surface area (Å²) in [6, 6.07) is 2.75. The number of amides is 1. The van der Waals surface area contributed by atoms with E-state index in [0.717, 1.165) is 32.6 Å². The number of aryl methyl sites for hydroxylation is 1. The summed E-state index contributed by atoms with van der Waals surface area (Å²) in [5.74, 6) is 1.19. The van der Waals surface area contributed by atoms with Crippen molar-refractivity contribution in [3.63, 3.8) is 0 Å². The molecule has 2 atom stereocenters. The SMILES string of the molecule is CCCn1ccc(CNC2C3CN(C(=O)OC(C)(C)C)CC32)c1. The summed E-state index contributed by atoms with van der Waals surface area (Å²) in [6.07, 6.45) is 5.37. The molecule has 2 fully saturated rings. The molecule has 0 spiro atoms. The predicted octanol–water partition coefficient (Wildman–Crippen LogP) is 2.85. The summed E-state index contributed by atoms with van der Waals surface area (Å²) in [7, 11) is 0. The lowest BCUT2D eigenvalue weighted by Crippen LogP contribution is -2.39. The number of likely N-dealkylation sites (tertiary alicyclic amines) is 1. The van der Waals surface area contributed by atoms with Crippen LogP contribution in [0.5, 0.6) is 0 Å². The van der Waals surface area contributed by atoms with Crippen LogP contribution < -0.4 is 5.32 Å². The van der Waals surface area contributed by atoms with Gasteiger partial charge in [0.25, 0.3) is 0 Å². The van der Waals surface area contributed by atoms with E-state index in [0.29, 0.717) is 17.9 Å². The second-order valence-corrected chi connectivity index (χ2v) is 7.88. The van der Waals surface area contributed by atoms with Gasteiger partial charge in [0.2, 0.25) is 0 Å². The van der Waals surface area contributed by atoms with E-state index < -0.39 is 5.60 Å². The lowest BCUT2D eigenvalue weighted by Gasteiger charge is -2.26. The minimum absolute atomic E-state index is 0.167. The van der Waals surface area contributed by atoms with Gasteiger partial charge in [0.15, 0.2) is 0 Å². The molecule has 1 saturated carbocycles. The van der Waals surface area contributed by atoms with Gasteiger partial charge in [-0.15, -0.1) is 0 Å². The predicted molar refractivity (Wildman–Crippen MR) is 90.1 cm³/mol. The van der Waals surface area contributed by atoms with Crippen LogP contribution in [-0.4, -0.2) is 40.3 Å². The van der Waals surface area contributed by atoms with Crippen LogP contribution in [0, 0.1) is 11.8 Å². The first-order valence-corrected chi connectivity index (χ1v) is 8.73. The minimum Gasteiger partial charge on any atom is -0.444 e. The zero-order valence-corrected chi connectivity index (χ0v) is 14.7. The van der Waals surface area contributed by atoms with E-state index in [2.05, 4.69) is 35.3 Å². The summed E-state index contributed by atoms with van der Waals surface area (Å²) in [4.78, 5) is 13.9. The molecule has 1 amide bonds. The zero-order valence-electron chi connectivity index (χ0n) is 14.7. The Morgan fingerprint density at radius 3 is 2.65 bits per heavy atom. The standard InChI is InChI=1S/C18H29N3O2/c1-5-7-20-8-6-13(10-20)9-19-16-14-11-21(12-15(14)16)17(22)23-18(2,3)4/h6,8,10,14-16,19H,5,7,9,11-12H2,1-4H3. The normalized spacial score (nSPS) is 26.3. The Bertz CT molecular complexity index is 549. The van der Waals surface area contributed by atoms with Crippen molar-refractivity contribution in [3.8, 4) is 0 Å². The van der Waals surface area contributed by atoms with Crippen LogP contribution in [0.15, 0.2) is 18.5 Å². The second kappa shape index (κ2) is 6.19.